The van der Waals surface area contributed by atoms with E-state index in [1.165, 1.54) is 16.9 Å². The van der Waals surface area contributed by atoms with Crippen LogP contribution in [0.5, 0.6) is 0 Å². The maximum atomic E-state index is 14.8. The highest BCUT2D eigenvalue weighted by Gasteiger charge is 2.43. The largest absolute Gasteiger partial charge is 0.467 e. The number of hydrogen-bond donors (Lipinski definition) is 1. The van der Waals surface area contributed by atoms with Crippen molar-refractivity contribution in [2.24, 2.45) is 5.41 Å². The molecule has 2 aliphatic rings. The maximum Gasteiger partial charge on any atom is 0.330 e. The normalized spacial score (nSPS) is 15.9. The van der Waals surface area contributed by atoms with E-state index in [0.29, 0.717) is 34.0 Å². The van der Waals surface area contributed by atoms with Crippen molar-refractivity contribution in [3.8, 4) is 0 Å². The highest BCUT2D eigenvalue weighted by molar-refractivity contribution is 6.17. The molecule has 0 saturated carbocycles. The van der Waals surface area contributed by atoms with Crippen molar-refractivity contribution in [2.75, 3.05) is 41.9 Å². The van der Waals surface area contributed by atoms with Crippen LogP contribution >= 0.6 is 0 Å². The second kappa shape index (κ2) is 13.2. The van der Waals surface area contributed by atoms with E-state index < -0.39 is 18.0 Å². The molecule has 10 nitrogen and oxygen atoms in total. The minimum Gasteiger partial charge on any atom is -0.467 e. The van der Waals surface area contributed by atoms with Gasteiger partial charge in [-0.05, 0) is 65.9 Å². The van der Waals surface area contributed by atoms with Crippen molar-refractivity contribution >= 4 is 52.4 Å². The summed E-state index contributed by atoms with van der Waals surface area (Å²) in [6.45, 7) is 6.54. The lowest BCUT2D eigenvalue weighted by Gasteiger charge is -2.43. The Labute approximate surface area is 280 Å². The Morgan fingerprint density at radius 1 is 0.833 bits per heavy atom. The second-order valence-electron chi connectivity index (χ2n) is 13.1. The number of amides is 5. The van der Waals surface area contributed by atoms with Gasteiger partial charge in [0.25, 0.3) is 5.91 Å². The summed E-state index contributed by atoms with van der Waals surface area (Å²) >= 11 is 0. The number of carbonyl (C=O) groups excluding carboxylic acids is 4. The molecule has 4 aromatic rings. The van der Waals surface area contributed by atoms with Gasteiger partial charge in [-0.3, -0.25) is 14.6 Å². The van der Waals surface area contributed by atoms with Crippen LogP contribution < -0.4 is 15.1 Å². The van der Waals surface area contributed by atoms with Crippen LogP contribution in [0.2, 0.25) is 0 Å². The quantitative estimate of drug-likeness (QED) is 0.236. The van der Waals surface area contributed by atoms with Crippen LogP contribution in [0.4, 0.5) is 38.0 Å². The van der Waals surface area contributed by atoms with Crippen LogP contribution in [-0.4, -0.2) is 66.5 Å². The van der Waals surface area contributed by atoms with Crippen molar-refractivity contribution in [2.45, 2.75) is 33.2 Å². The zero-order valence-electron chi connectivity index (χ0n) is 27.6. The van der Waals surface area contributed by atoms with Gasteiger partial charge in [-0.25, -0.2) is 14.4 Å². The van der Waals surface area contributed by atoms with E-state index in [2.05, 4.69) is 26.1 Å². The van der Waals surface area contributed by atoms with Crippen molar-refractivity contribution in [1.29, 1.82) is 0 Å². The number of nitrogens with one attached hydrogen (secondary N) is 1. The van der Waals surface area contributed by atoms with Gasteiger partial charge in [0.05, 0.1) is 47.7 Å². The lowest BCUT2D eigenvalue weighted by Crippen LogP contribution is -2.62. The standard InChI is InChI=1S/C38H39N5O5/c1-38(2,3)24-26-19-20-30-32(23-26)43(31-18-12-11-17-29(31)34(44)39-30)37(47)41-22-21-40(25-33(41)35(45)48-4)36(46)42(27-13-7-5-8-14-27)28-15-9-6-10-16-28/h5-20,23,33H,21-22,24-25H2,1-4H3,(H,39,44)/t33-/m0/s1. The van der Waals surface area contributed by atoms with Gasteiger partial charge in [-0.15, -0.1) is 0 Å². The van der Waals surface area contributed by atoms with E-state index in [4.69, 9.17) is 4.74 Å². The third kappa shape index (κ3) is 6.46. The van der Waals surface area contributed by atoms with Crippen LogP contribution in [-0.2, 0) is 16.0 Å². The van der Waals surface area contributed by atoms with Crippen LogP contribution in [0.15, 0.2) is 103 Å². The highest BCUT2D eigenvalue weighted by Crippen LogP contribution is 2.40. The molecule has 1 fully saturated rings. The van der Waals surface area contributed by atoms with Crippen molar-refractivity contribution < 1.29 is 23.9 Å². The van der Waals surface area contributed by atoms with E-state index in [1.54, 1.807) is 34.1 Å². The Balaban J connectivity index is 1.37. The number of esters is 1. The molecule has 6 rings (SSSR count). The number of ether oxygens (including phenoxy) is 1. The molecule has 0 radical (unpaired) electrons. The molecule has 1 N–H and O–H groups in total. The number of fused-ring (bicyclic) bond motifs is 2. The first kappa shape index (κ1) is 32.3. The van der Waals surface area contributed by atoms with Gasteiger partial charge >= 0.3 is 18.0 Å². The third-order valence-electron chi connectivity index (χ3n) is 8.46. The fourth-order valence-electron chi connectivity index (χ4n) is 6.29. The highest BCUT2D eigenvalue weighted by atomic mass is 16.5. The van der Waals surface area contributed by atoms with E-state index in [1.807, 2.05) is 78.9 Å². The summed E-state index contributed by atoms with van der Waals surface area (Å²) < 4.78 is 5.20. The Morgan fingerprint density at radius 2 is 1.46 bits per heavy atom. The predicted molar refractivity (Wildman–Crippen MR) is 186 cm³/mol. The maximum absolute atomic E-state index is 14.8. The van der Waals surface area contributed by atoms with Gasteiger partial charge < -0.3 is 19.9 Å². The molecule has 4 aromatic carbocycles. The number of methoxy groups -OCH3 is 1. The summed E-state index contributed by atoms with van der Waals surface area (Å²) in [6, 6.07) is 29.2. The van der Waals surface area contributed by atoms with Crippen molar-refractivity contribution in [3.63, 3.8) is 0 Å². The number of benzene rings is 4. The molecule has 1 saturated heterocycles. The zero-order valence-corrected chi connectivity index (χ0v) is 27.6. The molecule has 0 unspecified atom stereocenters. The van der Waals surface area contributed by atoms with Crippen LogP contribution in [0.1, 0.15) is 36.7 Å². The van der Waals surface area contributed by atoms with Gasteiger partial charge in [0.15, 0.2) is 0 Å². The number of rotatable bonds is 4. The third-order valence-corrected chi connectivity index (χ3v) is 8.46. The van der Waals surface area contributed by atoms with Crippen molar-refractivity contribution in [3.05, 3.63) is 114 Å². The lowest BCUT2D eigenvalue weighted by atomic mass is 9.88. The number of piperazine rings is 1. The molecule has 10 heteroatoms. The molecule has 5 amide bonds. The second-order valence-corrected chi connectivity index (χ2v) is 13.1. The Bertz CT molecular complexity index is 1800. The minimum absolute atomic E-state index is 0.0266. The summed E-state index contributed by atoms with van der Waals surface area (Å²) in [5.74, 6) is -0.988. The van der Waals surface area contributed by atoms with Crippen LogP contribution in [0, 0.1) is 5.41 Å². The summed E-state index contributed by atoms with van der Waals surface area (Å²) in [4.78, 5) is 61.9. The van der Waals surface area contributed by atoms with E-state index >= 15 is 0 Å². The fraction of sp³-hybridized carbons (Fsp3) is 0.263. The number of carbonyl (C=O) groups is 4. The van der Waals surface area contributed by atoms with Crippen LogP contribution in [0.25, 0.3) is 0 Å². The van der Waals surface area contributed by atoms with Gasteiger partial charge in [0.1, 0.15) is 6.04 Å². The number of para-hydroxylation sites is 3. The predicted octanol–water partition coefficient (Wildman–Crippen LogP) is 7.22. The number of nitrogens with zero attached hydrogens (tertiary/aromatic N) is 4. The summed E-state index contributed by atoms with van der Waals surface area (Å²) in [5, 5.41) is 2.97. The molecule has 0 spiro atoms. The zero-order chi connectivity index (χ0) is 34.0. The Morgan fingerprint density at radius 3 is 2.08 bits per heavy atom. The molecular weight excluding hydrogens is 606 g/mol. The molecule has 1 atom stereocenters. The molecule has 2 heterocycles. The number of hydrogen-bond acceptors (Lipinski definition) is 5. The smallest absolute Gasteiger partial charge is 0.330 e. The van der Waals surface area contributed by atoms with Gasteiger partial charge in [-0.2, -0.15) is 0 Å². The first-order chi connectivity index (χ1) is 23.1. The topological polar surface area (TPSA) is 102 Å². The molecule has 0 aliphatic carbocycles. The molecular formula is C38H39N5O5. The first-order valence-corrected chi connectivity index (χ1v) is 16.0. The van der Waals surface area contributed by atoms with E-state index in [-0.39, 0.29) is 37.0 Å². The number of anilines is 5. The lowest BCUT2D eigenvalue weighted by molar-refractivity contribution is -0.147. The number of urea groups is 2. The molecule has 0 bridgehead atoms. The monoisotopic (exact) mass is 645 g/mol. The molecule has 2 aliphatic heterocycles. The summed E-state index contributed by atoms with van der Waals surface area (Å²) in [7, 11) is 1.27. The minimum atomic E-state index is -1.10. The van der Waals surface area contributed by atoms with Gasteiger partial charge in [0.2, 0.25) is 0 Å². The van der Waals surface area contributed by atoms with E-state index in [9.17, 15) is 19.2 Å². The van der Waals surface area contributed by atoms with Crippen LogP contribution in [0.3, 0.4) is 0 Å². The van der Waals surface area contributed by atoms with E-state index in [0.717, 1.165) is 12.0 Å². The average Bonchev–Trinajstić information content (AvgIpc) is 3.21. The average molecular weight is 646 g/mol. The Hall–Kier alpha value is -5.64. The van der Waals surface area contributed by atoms with Gasteiger partial charge in [-0.1, -0.05) is 75.4 Å². The molecule has 48 heavy (non-hydrogen) atoms. The molecule has 246 valence electrons. The molecule has 0 aromatic heterocycles. The first-order valence-electron chi connectivity index (χ1n) is 16.0. The summed E-state index contributed by atoms with van der Waals surface area (Å²) in [6.07, 6.45) is 0.739. The van der Waals surface area contributed by atoms with Crippen molar-refractivity contribution in [1.82, 2.24) is 9.80 Å². The Kier molecular flexibility index (Phi) is 8.90. The van der Waals surface area contributed by atoms with Gasteiger partial charge in [0, 0.05) is 13.1 Å². The fourth-order valence-corrected chi connectivity index (χ4v) is 6.29. The SMILES string of the molecule is COC(=O)[C@@H]1CN(C(=O)N(c2ccccc2)c2ccccc2)CCN1C(=O)N1c2cc(CC(C)(C)C)ccc2NC(=O)c2ccccc21. The summed E-state index contributed by atoms with van der Waals surface area (Å²) in [5.41, 5.74) is 4.01.